The predicted octanol–water partition coefficient (Wildman–Crippen LogP) is -0.511. The number of hydrogen-bond donors (Lipinski definition) is 6. The fraction of sp³-hybridized carbons (Fsp3) is 0.458. The number of amides is 1. The standard InChI is InChI=1S/C24H30N4O7/c1-27(2)13-7-10(8-25)18(29)15-11(13)5-9-6-12-17(28(3)4)20(31)16(23(26)34)22(33)24(12,35)21(32)14(9)19(15)30/h7,9,12,17,29-30,33,35H,5-6,8,25H2,1-4H3,(H2,26,34)/t9?,12?,17?,24-/m0/s1. The van der Waals surface area contributed by atoms with Crippen molar-refractivity contribution in [1.29, 1.82) is 0 Å². The highest BCUT2D eigenvalue weighted by Gasteiger charge is 2.64. The topological polar surface area (TPSA) is 191 Å². The second-order valence-corrected chi connectivity index (χ2v) is 9.82. The zero-order valence-electron chi connectivity index (χ0n) is 20.0. The molecule has 0 aromatic heterocycles. The fourth-order valence-electron chi connectivity index (χ4n) is 5.90. The number of nitrogens with zero attached hydrogens (tertiary/aromatic N) is 2. The molecule has 1 fully saturated rings. The molecule has 11 nitrogen and oxygen atoms in total. The van der Waals surface area contributed by atoms with Crippen molar-refractivity contribution in [3.63, 3.8) is 0 Å². The van der Waals surface area contributed by atoms with Crippen LogP contribution in [0.1, 0.15) is 23.1 Å². The molecule has 0 heterocycles. The van der Waals surface area contributed by atoms with Crippen molar-refractivity contribution in [3.05, 3.63) is 39.7 Å². The van der Waals surface area contributed by atoms with Crippen molar-refractivity contribution in [2.75, 3.05) is 33.1 Å². The third-order valence-electron chi connectivity index (χ3n) is 7.48. The van der Waals surface area contributed by atoms with Crippen LogP contribution in [-0.4, -0.2) is 82.6 Å². The summed E-state index contributed by atoms with van der Waals surface area (Å²) in [5, 5.41) is 44.6. The number of anilines is 1. The minimum absolute atomic E-state index is 0.0237. The molecule has 11 heteroatoms. The van der Waals surface area contributed by atoms with E-state index in [1.54, 1.807) is 39.2 Å². The summed E-state index contributed by atoms with van der Waals surface area (Å²) in [6.07, 6.45) is 0.262. The van der Waals surface area contributed by atoms with E-state index in [9.17, 15) is 34.8 Å². The van der Waals surface area contributed by atoms with Crippen molar-refractivity contribution >= 4 is 28.9 Å². The molecule has 1 saturated carbocycles. The molecule has 0 radical (unpaired) electrons. The first kappa shape index (κ1) is 24.7. The number of aliphatic hydroxyl groups excluding tert-OH is 2. The number of likely N-dealkylation sites (N-methyl/N-ethyl adjacent to an activating group) is 1. The number of aliphatic hydroxyl groups is 3. The Morgan fingerprint density at radius 1 is 1.17 bits per heavy atom. The molecular formula is C24H30N4O7. The highest BCUT2D eigenvalue weighted by Crippen LogP contribution is 2.54. The number of rotatable bonds is 4. The molecule has 3 unspecified atom stereocenters. The van der Waals surface area contributed by atoms with E-state index in [-0.39, 0.29) is 36.3 Å². The largest absolute Gasteiger partial charge is 0.508 e. The molecule has 0 spiro atoms. The predicted molar refractivity (Wildman–Crippen MR) is 126 cm³/mol. The van der Waals surface area contributed by atoms with Crippen molar-refractivity contribution in [2.24, 2.45) is 23.3 Å². The van der Waals surface area contributed by atoms with Crippen molar-refractivity contribution < 1.29 is 34.8 Å². The van der Waals surface area contributed by atoms with Gasteiger partial charge in [0.15, 0.2) is 11.4 Å². The van der Waals surface area contributed by atoms with Gasteiger partial charge in [-0.3, -0.25) is 19.3 Å². The van der Waals surface area contributed by atoms with Gasteiger partial charge in [0, 0.05) is 43.4 Å². The zero-order chi connectivity index (χ0) is 26.1. The van der Waals surface area contributed by atoms with Crippen LogP contribution >= 0.6 is 0 Å². The van der Waals surface area contributed by atoms with Gasteiger partial charge in [0.05, 0.1) is 11.6 Å². The fourth-order valence-corrected chi connectivity index (χ4v) is 5.90. The molecule has 8 N–H and O–H groups in total. The van der Waals surface area contributed by atoms with E-state index in [2.05, 4.69) is 0 Å². The van der Waals surface area contributed by atoms with E-state index >= 15 is 0 Å². The Hall–Kier alpha value is -3.41. The molecule has 1 aromatic rings. The molecule has 1 amide bonds. The summed E-state index contributed by atoms with van der Waals surface area (Å²) in [5.41, 5.74) is 9.10. The number of ketones is 2. The van der Waals surface area contributed by atoms with E-state index in [0.717, 1.165) is 0 Å². The molecule has 35 heavy (non-hydrogen) atoms. The van der Waals surface area contributed by atoms with Crippen LogP contribution in [0.15, 0.2) is 23.0 Å². The third-order valence-corrected chi connectivity index (χ3v) is 7.48. The first-order valence-corrected chi connectivity index (χ1v) is 11.2. The smallest absolute Gasteiger partial charge is 0.255 e. The van der Waals surface area contributed by atoms with Gasteiger partial charge in [-0.25, -0.2) is 0 Å². The van der Waals surface area contributed by atoms with Crippen LogP contribution in [0, 0.1) is 11.8 Å². The molecule has 0 aliphatic heterocycles. The minimum Gasteiger partial charge on any atom is -0.508 e. The SMILES string of the molecule is CN(C)c1cc(CN)c(O)c2c1CC1CC3C(N(C)C)C(=O)C(C(N)=O)=C(O)[C@@]3(O)C(=O)C1=C2O. The summed E-state index contributed by atoms with van der Waals surface area (Å²) in [4.78, 5) is 42.2. The summed E-state index contributed by atoms with van der Waals surface area (Å²) in [7, 11) is 6.71. The Morgan fingerprint density at radius 3 is 2.31 bits per heavy atom. The van der Waals surface area contributed by atoms with Gasteiger partial charge in [-0.05, 0) is 44.5 Å². The number of carbonyl (C=O) groups excluding carboxylic acids is 3. The van der Waals surface area contributed by atoms with Gasteiger partial charge >= 0.3 is 0 Å². The number of fused-ring (bicyclic) bond motifs is 3. The number of phenolic OH excluding ortho intramolecular Hbond substituents is 1. The van der Waals surface area contributed by atoms with E-state index in [1.807, 2.05) is 0 Å². The maximum Gasteiger partial charge on any atom is 0.255 e. The lowest BCUT2D eigenvalue weighted by Gasteiger charge is -2.50. The highest BCUT2D eigenvalue weighted by molar-refractivity contribution is 6.24. The number of aromatic hydroxyl groups is 1. The Labute approximate surface area is 201 Å². The maximum absolute atomic E-state index is 13.8. The lowest BCUT2D eigenvalue weighted by Crippen LogP contribution is -2.65. The molecular weight excluding hydrogens is 456 g/mol. The average molecular weight is 487 g/mol. The Bertz CT molecular complexity index is 1230. The van der Waals surface area contributed by atoms with Gasteiger partial charge in [0.1, 0.15) is 22.8 Å². The van der Waals surface area contributed by atoms with Crippen molar-refractivity contribution in [2.45, 2.75) is 31.0 Å². The van der Waals surface area contributed by atoms with Gasteiger partial charge in [0.25, 0.3) is 5.91 Å². The van der Waals surface area contributed by atoms with Crippen molar-refractivity contribution in [3.8, 4) is 5.75 Å². The molecule has 1 aromatic carbocycles. The number of phenols is 1. The maximum atomic E-state index is 13.8. The molecule has 0 saturated heterocycles. The van der Waals surface area contributed by atoms with Gasteiger partial charge in [0.2, 0.25) is 5.78 Å². The number of carbonyl (C=O) groups is 3. The quantitative estimate of drug-likeness (QED) is 0.302. The van der Waals surface area contributed by atoms with Crippen LogP contribution in [0.5, 0.6) is 5.75 Å². The van der Waals surface area contributed by atoms with Crippen LogP contribution in [0.3, 0.4) is 0 Å². The Balaban J connectivity index is 2.01. The molecule has 4 rings (SSSR count). The number of benzene rings is 1. The second-order valence-electron chi connectivity index (χ2n) is 9.82. The summed E-state index contributed by atoms with van der Waals surface area (Å²) in [6.45, 7) is -0.0237. The monoisotopic (exact) mass is 486 g/mol. The van der Waals surface area contributed by atoms with Crippen molar-refractivity contribution in [1.82, 2.24) is 4.90 Å². The van der Waals surface area contributed by atoms with Gasteiger partial charge < -0.3 is 36.8 Å². The van der Waals surface area contributed by atoms with E-state index in [1.165, 1.54) is 4.90 Å². The Morgan fingerprint density at radius 2 is 1.80 bits per heavy atom. The molecule has 188 valence electrons. The van der Waals surface area contributed by atoms with Crippen LogP contribution in [0.25, 0.3) is 5.76 Å². The first-order chi connectivity index (χ1) is 16.3. The van der Waals surface area contributed by atoms with E-state index in [4.69, 9.17) is 11.5 Å². The lowest BCUT2D eigenvalue weighted by atomic mass is 9.57. The van der Waals surface area contributed by atoms with Gasteiger partial charge in [-0.2, -0.15) is 0 Å². The van der Waals surface area contributed by atoms with E-state index < -0.39 is 58.0 Å². The summed E-state index contributed by atoms with van der Waals surface area (Å²) < 4.78 is 0. The van der Waals surface area contributed by atoms with Crippen LogP contribution < -0.4 is 16.4 Å². The Kier molecular flexibility index (Phi) is 5.70. The van der Waals surface area contributed by atoms with Gasteiger partial charge in [-0.1, -0.05) is 0 Å². The van der Waals surface area contributed by atoms with E-state index in [0.29, 0.717) is 16.8 Å². The number of primary amides is 1. The van der Waals surface area contributed by atoms with Gasteiger partial charge in [-0.15, -0.1) is 0 Å². The lowest BCUT2D eigenvalue weighted by molar-refractivity contribution is -0.153. The molecule has 4 atom stereocenters. The van der Waals surface area contributed by atoms with Crippen LogP contribution in [0.2, 0.25) is 0 Å². The van der Waals surface area contributed by atoms with Crippen LogP contribution in [-0.2, 0) is 27.3 Å². The molecule has 3 aliphatic carbocycles. The summed E-state index contributed by atoms with van der Waals surface area (Å²) >= 11 is 0. The zero-order valence-corrected chi connectivity index (χ0v) is 20.0. The number of hydrogen-bond acceptors (Lipinski definition) is 10. The van der Waals surface area contributed by atoms with Crippen LogP contribution in [0.4, 0.5) is 5.69 Å². The number of Topliss-reactive ketones (excluding diaryl/α,β-unsaturated/α-hetero) is 2. The normalized spacial score (nSPS) is 28.1. The third kappa shape index (κ3) is 3.19. The average Bonchev–Trinajstić information content (AvgIpc) is 2.75. The summed E-state index contributed by atoms with van der Waals surface area (Å²) in [6, 6.07) is 0.599. The first-order valence-electron chi connectivity index (χ1n) is 11.2. The highest BCUT2D eigenvalue weighted by atomic mass is 16.3. The number of nitrogens with two attached hydrogens (primary N) is 2. The molecule has 0 bridgehead atoms. The minimum atomic E-state index is -2.66. The summed E-state index contributed by atoms with van der Waals surface area (Å²) in [5.74, 6) is -6.74. The second kappa shape index (κ2) is 8.08. The molecule has 3 aliphatic rings.